The molecule has 9 heteroatoms. The van der Waals surface area contributed by atoms with Crippen molar-refractivity contribution in [3.8, 4) is 0 Å². The molecule has 1 N–H and O–H groups in total. The number of fused-ring (bicyclic) bond motifs is 1. The number of benzene rings is 1. The van der Waals surface area contributed by atoms with Crippen molar-refractivity contribution in [3.05, 3.63) is 24.3 Å². The normalized spacial score (nSPS) is 29.0. The highest BCUT2D eigenvalue weighted by atomic mass is 32.2. The van der Waals surface area contributed by atoms with Gasteiger partial charge in [0.2, 0.25) is 21.8 Å². The second kappa shape index (κ2) is 7.31. The lowest BCUT2D eigenvalue weighted by Crippen LogP contribution is -2.49. The summed E-state index contributed by atoms with van der Waals surface area (Å²) in [6.07, 6.45) is 2.39. The average Bonchev–Trinajstić information content (AvgIpc) is 3.00. The van der Waals surface area contributed by atoms with Crippen LogP contribution in [0.25, 0.3) is 0 Å². The van der Waals surface area contributed by atoms with Gasteiger partial charge in [0.05, 0.1) is 36.0 Å². The molecule has 2 amide bonds. The van der Waals surface area contributed by atoms with Crippen LogP contribution in [0.5, 0.6) is 0 Å². The second-order valence-electron chi connectivity index (χ2n) is 7.07. The summed E-state index contributed by atoms with van der Waals surface area (Å²) in [7, 11) is -3.70. The topological polar surface area (TPSA) is 102 Å². The number of hydrogen-bond acceptors (Lipinski definition) is 6. The van der Waals surface area contributed by atoms with E-state index in [2.05, 4.69) is 4.72 Å². The molecule has 0 bridgehead atoms. The highest BCUT2D eigenvalue weighted by Crippen LogP contribution is 2.28. The van der Waals surface area contributed by atoms with Gasteiger partial charge >= 0.3 is 0 Å². The Morgan fingerprint density at radius 1 is 0.926 bits per heavy atom. The number of carbonyl (C=O) groups excluding carboxylic acids is 2. The molecule has 0 radical (unpaired) electrons. The number of sulfonamides is 1. The van der Waals surface area contributed by atoms with Crippen LogP contribution in [0.2, 0.25) is 0 Å². The maximum Gasteiger partial charge on any atom is 0.240 e. The van der Waals surface area contributed by atoms with Gasteiger partial charge in [-0.05, 0) is 43.5 Å². The summed E-state index contributed by atoms with van der Waals surface area (Å²) in [4.78, 5) is 24.8. The van der Waals surface area contributed by atoms with E-state index in [-0.39, 0.29) is 47.8 Å². The van der Waals surface area contributed by atoms with Crippen LogP contribution < -0.4 is 9.62 Å². The average molecular weight is 394 g/mol. The molecule has 2 heterocycles. The quantitative estimate of drug-likeness (QED) is 0.763. The minimum Gasteiger partial charge on any atom is -0.373 e. The number of amides is 2. The van der Waals surface area contributed by atoms with E-state index in [1.807, 2.05) is 0 Å². The van der Waals surface area contributed by atoms with Gasteiger partial charge in [0.15, 0.2) is 0 Å². The van der Waals surface area contributed by atoms with Gasteiger partial charge < -0.3 is 9.47 Å². The number of hydrogen-bond donors (Lipinski definition) is 1. The van der Waals surface area contributed by atoms with Crippen molar-refractivity contribution in [1.82, 2.24) is 4.72 Å². The Morgan fingerprint density at radius 3 is 2.22 bits per heavy atom. The molecule has 27 heavy (non-hydrogen) atoms. The Hall–Kier alpha value is -1.81. The molecule has 3 aliphatic rings. The van der Waals surface area contributed by atoms with Gasteiger partial charge in [-0.15, -0.1) is 0 Å². The number of nitrogens with zero attached hydrogens (tertiary/aromatic N) is 1. The van der Waals surface area contributed by atoms with Crippen molar-refractivity contribution in [1.29, 1.82) is 0 Å². The van der Waals surface area contributed by atoms with Gasteiger partial charge in [-0.2, -0.15) is 0 Å². The van der Waals surface area contributed by atoms with Gasteiger partial charge in [0.1, 0.15) is 0 Å². The van der Waals surface area contributed by atoms with E-state index in [0.717, 1.165) is 11.3 Å². The number of ether oxygens (including phenoxy) is 2. The Balaban J connectivity index is 1.44. The van der Waals surface area contributed by atoms with Crippen LogP contribution in [-0.2, 0) is 29.1 Å². The highest BCUT2D eigenvalue weighted by molar-refractivity contribution is 7.89. The zero-order chi connectivity index (χ0) is 19.0. The van der Waals surface area contributed by atoms with Crippen LogP contribution in [0.15, 0.2) is 29.2 Å². The van der Waals surface area contributed by atoms with Crippen LogP contribution in [0.3, 0.4) is 0 Å². The number of anilines is 1. The molecule has 1 saturated carbocycles. The fourth-order valence-corrected chi connectivity index (χ4v) is 5.18. The lowest BCUT2D eigenvalue weighted by atomic mass is 9.90. The molecule has 1 aromatic rings. The third-order valence-electron chi connectivity index (χ3n) is 5.26. The molecular formula is C18H22N2O6S. The number of imide groups is 1. The van der Waals surface area contributed by atoms with Gasteiger partial charge in [-0.3, -0.25) is 14.5 Å². The first kappa shape index (κ1) is 18.5. The molecule has 1 aliphatic carbocycles. The highest BCUT2D eigenvalue weighted by Gasteiger charge is 2.36. The van der Waals surface area contributed by atoms with Crippen LogP contribution >= 0.6 is 0 Å². The largest absolute Gasteiger partial charge is 0.373 e. The first-order chi connectivity index (χ1) is 12.9. The monoisotopic (exact) mass is 394 g/mol. The molecule has 3 unspecified atom stereocenters. The predicted molar refractivity (Wildman–Crippen MR) is 95.6 cm³/mol. The van der Waals surface area contributed by atoms with Crippen molar-refractivity contribution in [2.24, 2.45) is 0 Å². The van der Waals surface area contributed by atoms with Crippen LogP contribution in [-0.4, -0.2) is 51.7 Å². The van der Waals surface area contributed by atoms with Crippen molar-refractivity contribution in [2.75, 3.05) is 18.1 Å². The first-order valence-electron chi connectivity index (χ1n) is 9.15. The Bertz CT molecular complexity index is 822. The van der Waals surface area contributed by atoms with Gasteiger partial charge in [0.25, 0.3) is 0 Å². The molecule has 8 nitrogen and oxygen atoms in total. The predicted octanol–water partition coefficient (Wildman–Crippen LogP) is 0.955. The fraction of sp³-hybridized carbons (Fsp3) is 0.556. The minimum absolute atomic E-state index is 0.0503. The smallest absolute Gasteiger partial charge is 0.240 e. The van der Waals surface area contributed by atoms with Gasteiger partial charge in [0, 0.05) is 18.9 Å². The summed E-state index contributed by atoms with van der Waals surface area (Å²) < 4.78 is 39.5. The summed E-state index contributed by atoms with van der Waals surface area (Å²) in [5.74, 6) is -0.527. The first-order valence-corrected chi connectivity index (χ1v) is 10.6. The van der Waals surface area contributed by atoms with E-state index in [9.17, 15) is 18.0 Å². The van der Waals surface area contributed by atoms with Crippen molar-refractivity contribution in [2.45, 2.75) is 55.2 Å². The third kappa shape index (κ3) is 3.77. The summed E-state index contributed by atoms with van der Waals surface area (Å²) in [5.41, 5.74) is 0.398. The molecule has 3 atom stereocenters. The summed E-state index contributed by atoms with van der Waals surface area (Å²) in [6.45, 7) is 1.13. The lowest BCUT2D eigenvalue weighted by Gasteiger charge is -2.38. The van der Waals surface area contributed by atoms with E-state index >= 15 is 0 Å². The fourth-order valence-electron chi connectivity index (χ4n) is 3.90. The Morgan fingerprint density at radius 2 is 1.56 bits per heavy atom. The minimum atomic E-state index is -3.70. The zero-order valence-electron chi connectivity index (χ0n) is 14.8. The van der Waals surface area contributed by atoms with Crippen LogP contribution in [0, 0.1) is 0 Å². The number of carbonyl (C=O) groups is 2. The van der Waals surface area contributed by atoms with E-state index in [4.69, 9.17) is 9.47 Å². The van der Waals surface area contributed by atoms with E-state index < -0.39 is 10.0 Å². The van der Waals surface area contributed by atoms with Crippen molar-refractivity contribution >= 4 is 27.5 Å². The molecular weight excluding hydrogens is 372 g/mol. The maximum absolute atomic E-state index is 12.7. The summed E-state index contributed by atoms with van der Waals surface area (Å²) >= 11 is 0. The van der Waals surface area contributed by atoms with E-state index in [0.29, 0.717) is 31.7 Å². The molecule has 2 saturated heterocycles. The SMILES string of the molecule is O=C1CCC(=O)N1c1ccc(S(=O)(=O)NC2CCC3OCCOC3C2)cc1. The van der Waals surface area contributed by atoms with Gasteiger partial charge in [-0.25, -0.2) is 13.1 Å². The second-order valence-corrected chi connectivity index (χ2v) is 8.78. The summed E-state index contributed by atoms with van der Waals surface area (Å²) in [5, 5.41) is 0. The van der Waals surface area contributed by atoms with E-state index in [1.165, 1.54) is 24.3 Å². The van der Waals surface area contributed by atoms with Crippen molar-refractivity contribution in [3.63, 3.8) is 0 Å². The molecule has 1 aromatic carbocycles. The van der Waals surface area contributed by atoms with Gasteiger partial charge in [-0.1, -0.05) is 0 Å². The Kier molecular flexibility index (Phi) is 5.02. The summed E-state index contributed by atoms with van der Waals surface area (Å²) in [6, 6.07) is 5.61. The van der Waals surface area contributed by atoms with Crippen LogP contribution in [0.4, 0.5) is 5.69 Å². The number of rotatable bonds is 4. The number of nitrogens with one attached hydrogen (secondary N) is 1. The lowest BCUT2D eigenvalue weighted by molar-refractivity contribution is -0.156. The molecule has 0 spiro atoms. The molecule has 4 rings (SSSR count). The molecule has 146 valence electrons. The molecule has 0 aromatic heterocycles. The third-order valence-corrected chi connectivity index (χ3v) is 6.79. The van der Waals surface area contributed by atoms with Crippen LogP contribution in [0.1, 0.15) is 32.1 Å². The standard InChI is InChI=1S/C18H22N2O6S/c21-17-7-8-18(22)20(17)13-2-4-14(5-3-13)27(23,24)19-12-1-6-15-16(11-12)26-10-9-25-15/h2-5,12,15-16,19H,1,6-11H2. The van der Waals surface area contributed by atoms with Crippen molar-refractivity contribution < 1.29 is 27.5 Å². The molecule has 2 aliphatic heterocycles. The maximum atomic E-state index is 12.7. The zero-order valence-corrected chi connectivity index (χ0v) is 15.6. The Labute approximate surface area is 157 Å². The van der Waals surface area contributed by atoms with E-state index in [1.54, 1.807) is 0 Å². The molecule has 3 fully saturated rings.